The highest BCUT2D eigenvalue weighted by Gasteiger charge is 2.06. The van der Waals surface area contributed by atoms with E-state index in [2.05, 4.69) is 10.5 Å². The molecule has 112 valence electrons. The van der Waals surface area contributed by atoms with E-state index >= 15 is 0 Å². The summed E-state index contributed by atoms with van der Waals surface area (Å²) in [5.74, 6) is 1.36. The maximum absolute atomic E-state index is 13.8. The number of amidine groups is 1. The van der Waals surface area contributed by atoms with Gasteiger partial charge in [0.1, 0.15) is 5.82 Å². The van der Waals surface area contributed by atoms with E-state index in [1.54, 1.807) is 23.9 Å². The molecule has 5 nitrogen and oxygen atoms in total. The van der Waals surface area contributed by atoms with Gasteiger partial charge in [0.25, 0.3) is 0 Å². The molecule has 0 fully saturated rings. The molecular formula is C13H20FN3O2S. The molecule has 0 spiro atoms. The van der Waals surface area contributed by atoms with Gasteiger partial charge >= 0.3 is 0 Å². The van der Waals surface area contributed by atoms with E-state index in [0.717, 1.165) is 24.5 Å². The number of hydrogen-bond donors (Lipinski definition) is 4. The highest BCUT2D eigenvalue weighted by atomic mass is 32.2. The molecule has 0 aliphatic carbocycles. The lowest BCUT2D eigenvalue weighted by Crippen LogP contribution is -2.18. The molecule has 5 N–H and O–H groups in total. The van der Waals surface area contributed by atoms with Crippen molar-refractivity contribution in [2.24, 2.45) is 10.9 Å². The van der Waals surface area contributed by atoms with Gasteiger partial charge < -0.3 is 21.4 Å². The Labute approximate surface area is 122 Å². The van der Waals surface area contributed by atoms with Crippen LogP contribution in [0.2, 0.25) is 0 Å². The summed E-state index contributed by atoms with van der Waals surface area (Å²) in [5, 5.41) is 23.1. The van der Waals surface area contributed by atoms with Gasteiger partial charge in [0.05, 0.1) is 0 Å². The molecule has 0 heterocycles. The third kappa shape index (κ3) is 5.77. The predicted molar refractivity (Wildman–Crippen MR) is 79.6 cm³/mol. The zero-order valence-corrected chi connectivity index (χ0v) is 12.0. The minimum atomic E-state index is -0.380. The molecule has 20 heavy (non-hydrogen) atoms. The van der Waals surface area contributed by atoms with Crippen LogP contribution in [0.5, 0.6) is 0 Å². The number of oxime groups is 1. The minimum absolute atomic E-state index is 0.108. The van der Waals surface area contributed by atoms with Crippen molar-refractivity contribution < 1.29 is 14.7 Å². The monoisotopic (exact) mass is 301 g/mol. The largest absolute Gasteiger partial charge is 0.409 e. The van der Waals surface area contributed by atoms with Crippen LogP contribution in [-0.2, 0) is 6.54 Å². The van der Waals surface area contributed by atoms with E-state index < -0.39 is 0 Å². The molecule has 0 bridgehead atoms. The number of nitrogens with zero attached hydrogens (tertiary/aromatic N) is 1. The third-order valence-corrected chi connectivity index (χ3v) is 3.71. The van der Waals surface area contributed by atoms with Gasteiger partial charge in [0.15, 0.2) is 5.84 Å². The second kappa shape index (κ2) is 9.57. The molecule has 0 radical (unpaired) electrons. The Bertz CT molecular complexity index is 444. The fraction of sp³-hybridized carbons (Fsp3) is 0.462. The van der Waals surface area contributed by atoms with Crippen LogP contribution >= 0.6 is 11.8 Å². The molecular weight excluding hydrogens is 281 g/mol. The first kappa shape index (κ1) is 16.7. The van der Waals surface area contributed by atoms with Crippen molar-refractivity contribution in [1.29, 1.82) is 0 Å². The lowest BCUT2D eigenvalue weighted by molar-refractivity contribution is 0.296. The standard InChI is InChI=1S/C13H20FN3O2S/c14-12-8-10(13(15)17-19)2-3-11(12)9-16-4-7-20-6-1-5-18/h2-3,8,16,18-19H,1,4-7,9H2,(H2,15,17). The Balaban J connectivity index is 2.34. The molecule has 0 saturated carbocycles. The molecule has 0 saturated heterocycles. The molecule has 7 heteroatoms. The highest BCUT2D eigenvalue weighted by Crippen LogP contribution is 2.10. The molecule has 0 unspecified atom stereocenters. The van der Waals surface area contributed by atoms with Crippen LogP contribution in [0.15, 0.2) is 23.4 Å². The van der Waals surface area contributed by atoms with E-state index in [4.69, 9.17) is 16.0 Å². The number of nitrogens with two attached hydrogens (primary N) is 1. The number of aliphatic hydroxyl groups is 1. The molecule has 0 aromatic heterocycles. The van der Waals surface area contributed by atoms with Crippen LogP contribution in [0, 0.1) is 5.82 Å². The SMILES string of the molecule is N/C(=N/O)c1ccc(CNCCSCCCO)c(F)c1. The molecule has 0 aliphatic rings. The van der Waals surface area contributed by atoms with Crippen molar-refractivity contribution in [2.45, 2.75) is 13.0 Å². The summed E-state index contributed by atoms with van der Waals surface area (Å²) in [5.41, 5.74) is 6.29. The maximum Gasteiger partial charge on any atom is 0.170 e. The number of benzene rings is 1. The van der Waals surface area contributed by atoms with Crippen molar-refractivity contribution in [1.82, 2.24) is 5.32 Å². The second-order valence-corrected chi connectivity index (χ2v) is 5.38. The van der Waals surface area contributed by atoms with Crippen LogP contribution in [0.3, 0.4) is 0 Å². The van der Waals surface area contributed by atoms with E-state index in [-0.39, 0.29) is 18.3 Å². The quantitative estimate of drug-likeness (QED) is 0.180. The van der Waals surface area contributed by atoms with Crippen molar-refractivity contribution in [3.05, 3.63) is 35.1 Å². The first-order valence-corrected chi connectivity index (χ1v) is 7.50. The summed E-state index contributed by atoms with van der Waals surface area (Å²) in [6, 6.07) is 4.49. The summed E-state index contributed by atoms with van der Waals surface area (Å²) in [4.78, 5) is 0. The van der Waals surface area contributed by atoms with Gasteiger partial charge in [-0.25, -0.2) is 4.39 Å². The Morgan fingerprint density at radius 2 is 2.20 bits per heavy atom. The van der Waals surface area contributed by atoms with Crippen molar-refractivity contribution in [2.75, 3.05) is 24.7 Å². The van der Waals surface area contributed by atoms with Gasteiger partial charge in [-0.15, -0.1) is 0 Å². The predicted octanol–water partition coefficient (Wildman–Crippen LogP) is 1.13. The van der Waals surface area contributed by atoms with Crippen molar-refractivity contribution in [3.8, 4) is 0 Å². The van der Waals surface area contributed by atoms with Crippen LogP contribution < -0.4 is 11.1 Å². The normalized spacial score (nSPS) is 11.8. The number of thioether (sulfide) groups is 1. The van der Waals surface area contributed by atoms with E-state index in [0.29, 0.717) is 17.7 Å². The smallest absolute Gasteiger partial charge is 0.170 e. The van der Waals surface area contributed by atoms with Gasteiger partial charge in [0.2, 0.25) is 0 Å². The number of rotatable bonds is 9. The fourth-order valence-electron chi connectivity index (χ4n) is 1.54. The molecule has 0 atom stereocenters. The zero-order chi connectivity index (χ0) is 14.8. The van der Waals surface area contributed by atoms with E-state index in [9.17, 15) is 4.39 Å². The van der Waals surface area contributed by atoms with Crippen LogP contribution in [0.25, 0.3) is 0 Å². The van der Waals surface area contributed by atoms with Crippen LogP contribution in [-0.4, -0.2) is 40.8 Å². The van der Waals surface area contributed by atoms with Gasteiger partial charge in [-0.3, -0.25) is 0 Å². The Morgan fingerprint density at radius 1 is 1.40 bits per heavy atom. The fourth-order valence-corrected chi connectivity index (χ4v) is 2.37. The molecule has 1 rings (SSSR count). The number of hydrogen-bond acceptors (Lipinski definition) is 5. The highest BCUT2D eigenvalue weighted by molar-refractivity contribution is 7.99. The van der Waals surface area contributed by atoms with Crippen molar-refractivity contribution in [3.63, 3.8) is 0 Å². The van der Waals surface area contributed by atoms with E-state index in [1.165, 1.54) is 6.07 Å². The molecule has 0 amide bonds. The zero-order valence-electron chi connectivity index (χ0n) is 11.2. The summed E-state index contributed by atoms with van der Waals surface area (Å²) in [7, 11) is 0. The Hall–Kier alpha value is -1.31. The van der Waals surface area contributed by atoms with Gasteiger partial charge in [0, 0.05) is 36.6 Å². The topological polar surface area (TPSA) is 90.9 Å². The molecule has 0 aliphatic heterocycles. The van der Waals surface area contributed by atoms with Gasteiger partial charge in [-0.2, -0.15) is 11.8 Å². The summed E-state index contributed by atoms with van der Waals surface area (Å²) in [6.07, 6.45) is 0.800. The number of halogens is 1. The summed E-state index contributed by atoms with van der Waals surface area (Å²) in [6.45, 7) is 1.43. The number of nitrogens with one attached hydrogen (secondary N) is 1. The summed E-state index contributed by atoms with van der Waals surface area (Å²) >= 11 is 1.75. The number of aliphatic hydroxyl groups excluding tert-OH is 1. The first-order chi connectivity index (χ1) is 9.69. The van der Waals surface area contributed by atoms with Gasteiger partial charge in [-0.1, -0.05) is 17.3 Å². The lowest BCUT2D eigenvalue weighted by atomic mass is 10.1. The molecule has 1 aromatic carbocycles. The summed E-state index contributed by atoms with van der Waals surface area (Å²) < 4.78 is 13.8. The lowest BCUT2D eigenvalue weighted by Gasteiger charge is -2.07. The van der Waals surface area contributed by atoms with E-state index in [1.807, 2.05) is 0 Å². The first-order valence-electron chi connectivity index (χ1n) is 6.34. The average Bonchev–Trinajstić information content (AvgIpc) is 2.46. The Kier molecular flexibility index (Phi) is 8.01. The third-order valence-electron chi connectivity index (χ3n) is 2.64. The Morgan fingerprint density at radius 3 is 2.85 bits per heavy atom. The van der Waals surface area contributed by atoms with Crippen molar-refractivity contribution >= 4 is 17.6 Å². The maximum atomic E-state index is 13.8. The second-order valence-electron chi connectivity index (χ2n) is 4.16. The van der Waals surface area contributed by atoms with Gasteiger partial charge in [-0.05, 0) is 18.2 Å². The van der Waals surface area contributed by atoms with Crippen LogP contribution in [0.1, 0.15) is 17.5 Å². The average molecular weight is 301 g/mol. The minimum Gasteiger partial charge on any atom is -0.409 e. The molecule has 1 aromatic rings. The van der Waals surface area contributed by atoms with Crippen LogP contribution in [0.4, 0.5) is 4.39 Å².